The van der Waals surface area contributed by atoms with Gasteiger partial charge in [0, 0.05) is 30.2 Å². The first-order valence-electron chi connectivity index (χ1n) is 6.96. The standard InChI is InChI=1S/C16H20N2O/c1-16(19,13-5-3-8-17-10-13)15-6-2-4-12-7-9-18-11-14(12)15/h2,4,6-7,9,11,13,17,19H,3,5,8,10H2,1H3. The fourth-order valence-electron chi connectivity index (χ4n) is 3.11. The Kier molecular flexibility index (Phi) is 3.25. The van der Waals surface area contributed by atoms with E-state index in [0.29, 0.717) is 0 Å². The molecule has 19 heavy (non-hydrogen) atoms. The van der Waals surface area contributed by atoms with Crippen molar-refractivity contribution in [3.8, 4) is 0 Å². The molecule has 3 heteroatoms. The molecule has 0 spiro atoms. The summed E-state index contributed by atoms with van der Waals surface area (Å²) in [6, 6.07) is 8.10. The third kappa shape index (κ3) is 2.24. The van der Waals surface area contributed by atoms with Crippen LogP contribution in [0, 0.1) is 5.92 Å². The first kappa shape index (κ1) is 12.6. The van der Waals surface area contributed by atoms with Crippen LogP contribution in [0.5, 0.6) is 0 Å². The van der Waals surface area contributed by atoms with Crippen LogP contribution >= 0.6 is 0 Å². The molecular weight excluding hydrogens is 236 g/mol. The normalized spacial score (nSPS) is 23.2. The second kappa shape index (κ2) is 4.91. The highest BCUT2D eigenvalue weighted by atomic mass is 16.3. The molecule has 1 fully saturated rings. The third-order valence-electron chi connectivity index (χ3n) is 4.32. The SMILES string of the molecule is CC(O)(c1cccc2ccncc12)C1CCCNC1. The number of hydrogen-bond acceptors (Lipinski definition) is 3. The first-order valence-corrected chi connectivity index (χ1v) is 6.96. The maximum Gasteiger partial charge on any atom is 0.0915 e. The third-order valence-corrected chi connectivity index (χ3v) is 4.32. The molecule has 3 rings (SSSR count). The van der Waals surface area contributed by atoms with Gasteiger partial charge in [0.2, 0.25) is 0 Å². The fraction of sp³-hybridized carbons (Fsp3) is 0.438. The zero-order chi connectivity index (χ0) is 13.3. The van der Waals surface area contributed by atoms with Gasteiger partial charge in [0.1, 0.15) is 0 Å². The van der Waals surface area contributed by atoms with Crippen LogP contribution in [-0.4, -0.2) is 23.2 Å². The Morgan fingerprint density at radius 3 is 3.05 bits per heavy atom. The predicted molar refractivity (Wildman–Crippen MR) is 76.9 cm³/mol. The van der Waals surface area contributed by atoms with Gasteiger partial charge in [-0.15, -0.1) is 0 Å². The van der Waals surface area contributed by atoms with E-state index < -0.39 is 5.60 Å². The van der Waals surface area contributed by atoms with Gasteiger partial charge in [0.05, 0.1) is 5.60 Å². The first-order chi connectivity index (χ1) is 9.19. The van der Waals surface area contributed by atoms with Crippen LogP contribution in [-0.2, 0) is 5.60 Å². The summed E-state index contributed by atoms with van der Waals surface area (Å²) in [5, 5.41) is 16.6. The molecule has 0 aliphatic carbocycles. The van der Waals surface area contributed by atoms with E-state index in [2.05, 4.69) is 16.4 Å². The monoisotopic (exact) mass is 256 g/mol. The highest BCUT2D eigenvalue weighted by molar-refractivity contribution is 5.85. The van der Waals surface area contributed by atoms with E-state index >= 15 is 0 Å². The highest BCUT2D eigenvalue weighted by Gasteiger charge is 2.35. The molecule has 1 aromatic carbocycles. The maximum atomic E-state index is 11.0. The lowest BCUT2D eigenvalue weighted by atomic mass is 9.77. The average Bonchev–Trinajstić information content (AvgIpc) is 2.47. The Labute approximate surface area is 113 Å². The Balaban J connectivity index is 2.07. The molecule has 100 valence electrons. The van der Waals surface area contributed by atoms with Gasteiger partial charge in [0.25, 0.3) is 0 Å². The van der Waals surface area contributed by atoms with E-state index in [1.807, 2.05) is 31.3 Å². The zero-order valence-electron chi connectivity index (χ0n) is 11.3. The van der Waals surface area contributed by atoms with Crippen molar-refractivity contribution in [2.45, 2.75) is 25.4 Å². The number of aliphatic hydroxyl groups is 1. The molecule has 1 aromatic heterocycles. The number of rotatable bonds is 2. The molecule has 2 N–H and O–H groups in total. The van der Waals surface area contributed by atoms with Gasteiger partial charge in [-0.05, 0) is 43.3 Å². The molecule has 1 saturated heterocycles. The van der Waals surface area contributed by atoms with E-state index in [9.17, 15) is 5.11 Å². The Hall–Kier alpha value is -1.45. The number of hydrogen-bond donors (Lipinski definition) is 2. The van der Waals surface area contributed by atoms with E-state index in [1.165, 1.54) is 0 Å². The molecule has 1 aliphatic heterocycles. The van der Waals surface area contributed by atoms with Crippen molar-refractivity contribution in [2.24, 2.45) is 5.92 Å². The van der Waals surface area contributed by atoms with E-state index in [0.717, 1.165) is 42.3 Å². The van der Waals surface area contributed by atoms with Gasteiger partial charge in [-0.25, -0.2) is 0 Å². The van der Waals surface area contributed by atoms with Gasteiger partial charge >= 0.3 is 0 Å². The van der Waals surface area contributed by atoms with Crippen molar-refractivity contribution >= 4 is 10.8 Å². The minimum Gasteiger partial charge on any atom is -0.385 e. The smallest absolute Gasteiger partial charge is 0.0915 e. The van der Waals surface area contributed by atoms with Crippen molar-refractivity contribution in [1.29, 1.82) is 0 Å². The zero-order valence-corrected chi connectivity index (χ0v) is 11.3. The average molecular weight is 256 g/mol. The summed E-state index contributed by atoms with van der Waals surface area (Å²) in [4.78, 5) is 4.21. The molecule has 1 aliphatic rings. The van der Waals surface area contributed by atoms with Gasteiger partial charge in [-0.2, -0.15) is 0 Å². The number of piperidine rings is 1. The van der Waals surface area contributed by atoms with Crippen LogP contribution < -0.4 is 5.32 Å². The summed E-state index contributed by atoms with van der Waals surface area (Å²) in [7, 11) is 0. The molecule has 2 heterocycles. The van der Waals surface area contributed by atoms with Crippen LogP contribution in [0.25, 0.3) is 10.8 Å². The molecule has 0 bridgehead atoms. The molecule has 2 unspecified atom stereocenters. The molecular formula is C16H20N2O. The van der Waals surface area contributed by atoms with Crippen LogP contribution in [0.1, 0.15) is 25.3 Å². The summed E-state index contributed by atoms with van der Waals surface area (Å²) in [5.74, 6) is 0.257. The van der Waals surface area contributed by atoms with Crippen molar-refractivity contribution < 1.29 is 5.11 Å². The van der Waals surface area contributed by atoms with Gasteiger partial charge < -0.3 is 10.4 Å². The van der Waals surface area contributed by atoms with Crippen LogP contribution in [0.4, 0.5) is 0 Å². The lowest BCUT2D eigenvalue weighted by Crippen LogP contribution is -2.42. The number of benzene rings is 1. The number of fused-ring (bicyclic) bond motifs is 1. The number of nitrogens with one attached hydrogen (secondary N) is 1. The number of pyridine rings is 1. The lowest BCUT2D eigenvalue weighted by molar-refractivity contribution is -0.0143. The number of nitrogens with zero attached hydrogens (tertiary/aromatic N) is 1. The Morgan fingerprint density at radius 2 is 2.26 bits per heavy atom. The van der Waals surface area contributed by atoms with Gasteiger partial charge in [-0.1, -0.05) is 18.2 Å². The van der Waals surface area contributed by atoms with Crippen LogP contribution in [0.2, 0.25) is 0 Å². The predicted octanol–water partition coefficient (Wildman–Crippen LogP) is 2.44. The van der Waals surface area contributed by atoms with Crippen molar-refractivity contribution in [3.63, 3.8) is 0 Å². The maximum absolute atomic E-state index is 11.0. The quantitative estimate of drug-likeness (QED) is 0.867. The van der Waals surface area contributed by atoms with Crippen LogP contribution in [0.15, 0.2) is 36.7 Å². The minimum atomic E-state index is -0.810. The van der Waals surface area contributed by atoms with E-state index in [4.69, 9.17) is 0 Å². The Bertz CT molecular complexity index is 568. The summed E-state index contributed by atoms with van der Waals surface area (Å²) in [6.07, 6.45) is 5.85. The molecule has 0 radical (unpaired) electrons. The topological polar surface area (TPSA) is 45.2 Å². The number of aromatic nitrogens is 1. The van der Waals surface area contributed by atoms with Gasteiger partial charge in [-0.3, -0.25) is 4.98 Å². The summed E-state index contributed by atoms with van der Waals surface area (Å²) >= 11 is 0. The van der Waals surface area contributed by atoms with Crippen molar-refractivity contribution in [2.75, 3.05) is 13.1 Å². The van der Waals surface area contributed by atoms with E-state index in [1.54, 1.807) is 6.20 Å². The molecule has 2 atom stereocenters. The molecule has 0 saturated carbocycles. The van der Waals surface area contributed by atoms with Crippen molar-refractivity contribution in [1.82, 2.24) is 10.3 Å². The minimum absolute atomic E-state index is 0.257. The second-order valence-electron chi connectivity index (χ2n) is 5.59. The summed E-state index contributed by atoms with van der Waals surface area (Å²) in [6.45, 7) is 3.87. The summed E-state index contributed by atoms with van der Waals surface area (Å²) < 4.78 is 0. The Morgan fingerprint density at radius 1 is 1.37 bits per heavy atom. The van der Waals surface area contributed by atoms with Gasteiger partial charge in [0.15, 0.2) is 0 Å². The molecule has 3 nitrogen and oxygen atoms in total. The molecule has 2 aromatic rings. The van der Waals surface area contributed by atoms with Crippen molar-refractivity contribution in [3.05, 3.63) is 42.2 Å². The summed E-state index contributed by atoms with van der Waals surface area (Å²) in [5.41, 5.74) is 0.183. The van der Waals surface area contributed by atoms with Crippen LogP contribution in [0.3, 0.4) is 0 Å². The largest absolute Gasteiger partial charge is 0.385 e. The lowest BCUT2D eigenvalue weighted by Gasteiger charge is -2.37. The fourth-order valence-corrected chi connectivity index (χ4v) is 3.11. The van der Waals surface area contributed by atoms with E-state index in [-0.39, 0.29) is 5.92 Å². The molecule has 0 amide bonds. The second-order valence-corrected chi connectivity index (χ2v) is 5.59. The highest BCUT2D eigenvalue weighted by Crippen LogP contribution is 2.36.